The zero-order valence-corrected chi connectivity index (χ0v) is 16.7. The summed E-state index contributed by atoms with van der Waals surface area (Å²) in [6.45, 7) is 9.09. The molecule has 1 heterocycles. The molecule has 1 aromatic rings. The summed E-state index contributed by atoms with van der Waals surface area (Å²) in [6.07, 6.45) is 0. The Morgan fingerprint density at radius 1 is 0.708 bits per heavy atom. The van der Waals surface area contributed by atoms with Crippen LogP contribution in [0.3, 0.4) is 0 Å². The fraction of sp³-hybridized carbons (Fsp3) is 0.625. The molecule has 0 saturated carbocycles. The van der Waals surface area contributed by atoms with Crippen molar-refractivity contribution in [1.82, 2.24) is 26.6 Å². The second kappa shape index (κ2) is 16.6. The van der Waals surface area contributed by atoms with Gasteiger partial charge in [-0.1, -0.05) is 30.3 Å². The molecule has 1 aromatic carbocycles. The Hall–Kier alpha value is 0.119. The van der Waals surface area contributed by atoms with Crippen LogP contribution in [0.25, 0.3) is 0 Å². The molecule has 5 nitrogen and oxygen atoms in total. The molecule has 139 valence electrons. The summed E-state index contributed by atoms with van der Waals surface area (Å²) in [5, 5.41) is 17.5. The van der Waals surface area contributed by atoms with Gasteiger partial charge in [0.15, 0.2) is 0 Å². The van der Waals surface area contributed by atoms with Crippen molar-refractivity contribution >= 4 is 20.2 Å². The van der Waals surface area contributed by atoms with Crippen molar-refractivity contribution in [1.29, 1.82) is 0 Å². The smallest absolute Gasteiger partial charge is 0.0447 e. The van der Waals surface area contributed by atoms with E-state index in [-0.39, 0.29) is 13.1 Å². The van der Waals surface area contributed by atoms with Crippen LogP contribution in [-0.4, -0.2) is 58.9 Å². The van der Waals surface area contributed by atoms with E-state index in [9.17, 15) is 0 Å². The first-order valence-electron chi connectivity index (χ1n) is 8.36. The minimum atomic E-state index is 0.00694. The number of hydrogen-bond donors (Lipinski definition) is 5. The molecule has 0 aromatic heterocycles. The van der Waals surface area contributed by atoms with Crippen LogP contribution in [0.15, 0.2) is 30.3 Å². The van der Waals surface area contributed by atoms with E-state index in [0.717, 1.165) is 58.9 Å². The fourth-order valence-electron chi connectivity index (χ4n) is 2.48. The number of halogens is 2. The molecule has 0 spiro atoms. The summed E-state index contributed by atoms with van der Waals surface area (Å²) in [6, 6.07) is 11.1. The number of benzene rings is 1. The number of nitrogens with one attached hydrogen (secondary N) is 5. The molecule has 1 saturated heterocycles. The Balaban J connectivity index is 0.000000891. The summed E-state index contributed by atoms with van der Waals surface area (Å²) in [5.41, 5.74) is 1.35. The van der Waals surface area contributed by atoms with Crippen LogP contribution in [-0.2, 0) is 13.1 Å². The zero-order chi connectivity index (χ0) is 17.3. The van der Waals surface area contributed by atoms with Crippen molar-refractivity contribution in [3.63, 3.8) is 0 Å². The molecule has 5 N–H and O–H groups in total. The standard InChI is InChI=1S/C16H29N5.2ClH.Mn/c1-2-4-15(5-3-1)16-14-20-11-10-18-7-6-17-8-9-19-12-13-21-16;;;/h1-5,16-21H,6-14H2;2*1H;/q;;;+2/p-2. The Morgan fingerprint density at radius 2 is 1.17 bits per heavy atom. The number of rotatable bonds is 1. The van der Waals surface area contributed by atoms with Crippen molar-refractivity contribution in [2.75, 3.05) is 58.9 Å². The molecular weight excluding hydrogens is 388 g/mol. The Morgan fingerprint density at radius 3 is 1.71 bits per heavy atom. The van der Waals surface area contributed by atoms with Crippen molar-refractivity contribution in [3.8, 4) is 0 Å². The van der Waals surface area contributed by atoms with E-state index in [4.69, 9.17) is 20.2 Å². The zero-order valence-electron chi connectivity index (χ0n) is 14.0. The predicted molar refractivity (Wildman–Crippen MR) is 100 cm³/mol. The maximum atomic E-state index is 4.80. The van der Waals surface area contributed by atoms with Gasteiger partial charge in [-0.15, -0.1) is 0 Å². The van der Waals surface area contributed by atoms with Gasteiger partial charge < -0.3 is 26.6 Å². The summed E-state index contributed by atoms with van der Waals surface area (Å²) in [4.78, 5) is 0. The summed E-state index contributed by atoms with van der Waals surface area (Å²) in [5.74, 6) is 0. The molecule has 1 atom stereocenters. The van der Waals surface area contributed by atoms with Crippen LogP contribution >= 0.6 is 20.2 Å². The van der Waals surface area contributed by atoms with E-state index in [0.29, 0.717) is 6.04 Å². The van der Waals surface area contributed by atoms with E-state index < -0.39 is 0 Å². The first kappa shape index (κ1) is 22.2. The average molecular weight is 417 g/mol. The normalized spacial score (nSPS) is 21.7. The van der Waals surface area contributed by atoms with Gasteiger partial charge in [0.25, 0.3) is 0 Å². The van der Waals surface area contributed by atoms with Crippen LogP contribution in [0.2, 0.25) is 0 Å². The molecule has 2 rings (SSSR count). The third kappa shape index (κ3) is 11.6. The van der Waals surface area contributed by atoms with Crippen molar-refractivity contribution < 1.29 is 13.1 Å². The van der Waals surface area contributed by atoms with Crippen molar-refractivity contribution in [2.24, 2.45) is 0 Å². The molecule has 1 fully saturated rings. The van der Waals surface area contributed by atoms with Crippen LogP contribution in [0.4, 0.5) is 0 Å². The SMILES string of the molecule is [Cl][Mn][Cl].c1ccc(C2CNCCNCCNCCNCCN2)cc1. The Bertz CT molecular complexity index is 370. The van der Waals surface area contributed by atoms with Crippen LogP contribution in [0, 0.1) is 0 Å². The quantitative estimate of drug-likeness (QED) is 0.443. The maximum absolute atomic E-state index is 4.80. The van der Waals surface area contributed by atoms with Gasteiger partial charge in [-0.05, 0) is 5.56 Å². The van der Waals surface area contributed by atoms with Crippen molar-refractivity contribution in [2.45, 2.75) is 6.04 Å². The molecule has 0 aliphatic carbocycles. The largest absolute Gasteiger partial charge is 0.314 e. The van der Waals surface area contributed by atoms with Crippen LogP contribution in [0.5, 0.6) is 0 Å². The van der Waals surface area contributed by atoms with Gasteiger partial charge in [-0.2, -0.15) is 0 Å². The summed E-state index contributed by atoms with van der Waals surface area (Å²) >= 11 is 0.00694. The van der Waals surface area contributed by atoms with E-state index in [1.807, 2.05) is 0 Å². The minimum absolute atomic E-state index is 0.00694. The molecule has 1 unspecified atom stereocenters. The van der Waals surface area contributed by atoms with E-state index in [2.05, 4.69) is 56.9 Å². The predicted octanol–water partition coefficient (Wildman–Crippen LogP) is 1.07. The van der Waals surface area contributed by atoms with E-state index >= 15 is 0 Å². The monoisotopic (exact) mass is 416 g/mol. The molecular formula is C16H29Cl2MnN5. The van der Waals surface area contributed by atoms with Gasteiger partial charge in [0.05, 0.1) is 0 Å². The molecule has 8 heteroatoms. The second-order valence-electron chi connectivity index (χ2n) is 5.43. The molecule has 1 aliphatic heterocycles. The van der Waals surface area contributed by atoms with Crippen LogP contribution in [0.1, 0.15) is 11.6 Å². The molecule has 0 amide bonds. The van der Waals surface area contributed by atoms with Gasteiger partial charge in [0, 0.05) is 64.9 Å². The molecule has 24 heavy (non-hydrogen) atoms. The first-order chi connectivity index (χ1) is 11.9. The first-order valence-corrected chi connectivity index (χ1v) is 11.6. The topological polar surface area (TPSA) is 60.1 Å². The van der Waals surface area contributed by atoms with Crippen molar-refractivity contribution in [3.05, 3.63) is 35.9 Å². The minimum Gasteiger partial charge on any atom is -0.314 e. The van der Waals surface area contributed by atoms with Gasteiger partial charge in [-0.3, -0.25) is 0 Å². The van der Waals surface area contributed by atoms with E-state index in [1.165, 1.54) is 5.56 Å². The maximum Gasteiger partial charge on any atom is 0.0447 e. The second-order valence-corrected chi connectivity index (χ2v) is 7.38. The van der Waals surface area contributed by atoms with Gasteiger partial charge in [0.1, 0.15) is 0 Å². The fourth-order valence-corrected chi connectivity index (χ4v) is 2.48. The Kier molecular flexibility index (Phi) is 15.3. The van der Waals surface area contributed by atoms with Gasteiger partial charge in [0.2, 0.25) is 0 Å². The third-order valence-corrected chi connectivity index (χ3v) is 3.68. The summed E-state index contributed by atoms with van der Waals surface area (Å²) in [7, 11) is 9.59. The van der Waals surface area contributed by atoms with Gasteiger partial charge >= 0.3 is 33.3 Å². The number of hydrogen-bond acceptors (Lipinski definition) is 5. The van der Waals surface area contributed by atoms with Gasteiger partial charge in [-0.25, -0.2) is 0 Å². The van der Waals surface area contributed by atoms with Crippen LogP contribution < -0.4 is 26.6 Å². The molecule has 0 radical (unpaired) electrons. The average Bonchev–Trinajstić information content (AvgIpc) is 2.62. The molecule has 1 aliphatic rings. The third-order valence-electron chi connectivity index (χ3n) is 3.68. The Labute approximate surface area is 160 Å². The summed E-state index contributed by atoms with van der Waals surface area (Å²) < 4.78 is 0. The molecule has 0 bridgehead atoms. The van der Waals surface area contributed by atoms with E-state index in [1.54, 1.807) is 0 Å².